The van der Waals surface area contributed by atoms with Gasteiger partial charge in [0.05, 0.1) is 29.6 Å². The summed E-state index contributed by atoms with van der Waals surface area (Å²) in [6, 6.07) is 11.1. The normalized spacial score (nSPS) is 10.8. The Bertz CT molecular complexity index is 1180. The Labute approximate surface area is 170 Å². The van der Waals surface area contributed by atoms with Crippen LogP contribution in [0.15, 0.2) is 47.3 Å². The summed E-state index contributed by atoms with van der Waals surface area (Å²) in [7, 11) is 1.56. The Morgan fingerprint density at radius 2 is 1.86 bits per heavy atom. The Morgan fingerprint density at radius 1 is 1.17 bits per heavy atom. The highest BCUT2D eigenvalue weighted by Crippen LogP contribution is 2.12. The molecule has 1 amide bonds. The van der Waals surface area contributed by atoms with Gasteiger partial charge in [-0.05, 0) is 48.1 Å². The zero-order chi connectivity index (χ0) is 21.0. The second-order valence-electron chi connectivity index (χ2n) is 6.33. The molecule has 0 spiro atoms. The number of methoxy groups -OCH3 is 1. The Kier molecular flexibility index (Phi) is 6.20. The Balaban J connectivity index is 1.85. The first kappa shape index (κ1) is 20.4. The molecule has 3 rings (SSSR count). The van der Waals surface area contributed by atoms with Gasteiger partial charge in [0.15, 0.2) is 4.77 Å². The molecule has 0 unspecified atom stereocenters. The third-order valence-electron chi connectivity index (χ3n) is 4.38. The molecule has 3 aromatic rings. The molecule has 0 saturated carbocycles. The first-order valence-corrected chi connectivity index (χ1v) is 9.18. The van der Waals surface area contributed by atoms with E-state index in [0.717, 1.165) is 5.56 Å². The number of carboxylic acids is 1. The van der Waals surface area contributed by atoms with Gasteiger partial charge >= 0.3 is 5.97 Å². The summed E-state index contributed by atoms with van der Waals surface area (Å²) in [5.74, 6) is -1.29. The Hall–Kier alpha value is -3.30. The fraction of sp³-hybridized carbons (Fsp3) is 0.200. The summed E-state index contributed by atoms with van der Waals surface area (Å²) in [6.07, 6.45) is 0. The molecule has 1 heterocycles. The predicted octanol–water partition coefficient (Wildman–Crippen LogP) is 2.18. The molecule has 8 nitrogen and oxygen atoms in total. The van der Waals surface area contributed by atoms with Crippen molar-refractivity contribution < 1.29 is 19.4 Å². The monoisotopic (exact) mass is 413 g/mol. The van der Waals surface area contributed by atoms with Crippen molar-refractivity contribution in [2.24, 2.45) is 0 Å². The number of hydrogen-bond acceptors (Lipinski definition) is 5. The first-order valence-electron chi connectivity index (χ1n) is 8.77. The van der Waals surface area contributed by atoms with Crippen LogP contribution in [-0.4, -0.2) is 46.8 Å². The number of nitrogens with zero attached hydrogens (tertiary/aromatic N) is 1. The highest BCUT2D eigenvalue weighted by atomic mass is 32.1. The van der Waals surface area contributed by atoms with Crippen LogP contribution in [0.5, 0.6) is 0 Å². The van der Waals surface area contributed by atoms with E-state index in [1.54, 1.807) is 31.4 Å². The maximum atomic E-state index is 12.8. The maximum Gasteiger partial charge on any atom is 0.335 e. The number of rotatable bonds is 7. The summed E-state index contributed by atoms with van der Waals surface area (Å²) in [5, 5.41) is 12.2. The minimum Gasteiger partial charge on any atom is -0.478 e. The van der Waals surface area contributed by atoms with E-state index in [1.807, 2.05) is 0 Å². The molecule has 0 atom stereocenters. The lowest BCUT2D eigenvalue weighted by molar-refractivity contribution is 0.0696. The van der Waals surface area contributed by atoms with Crippen molar-refractivity contribution in [3.63, 3.8) is 0 Å². The van der Waals surface area contributed by atoms with Crippen molar-refractivity contribution in [3.05, 3.63) is 74.3 Å². The molecule has 2 aromatic carbocycles. The number of carboxylic acid groups (broad SMARTS) is 1. The fourth-order valence-corrected chi connectivity index (χ4v) is 3.10. The number of aromatic carboxylic acids is 1. The summed E-state index contributed by atoms with van der Waals surface area (Å²) < 4.78 is 6.48. The molecule has 9 heteroatoms. The van der Waals surface area contributed by atoms with Gasteiger partial charge in [-0.15, -0.1) is 0 Å². The van der Waals surface area contributed by atoms with Gasteiger partial charge in [-0.1, -0.05) is 12.1 Å². The van der Waals surface area contributed by atoms with Gasteiger partial charge in [-0.2, -0.15) is 0 Å². The third kappa shape index (κ3) is 4.58. The van der Waals surface area contributed by atoms with Crippen molar-refractivity contribution in [1.82, 2.24) is 14.9 Å². The highest BCUT2D eigenvalue weighted by molar-refractivity contribution is 7.71. The number of H-pyrrole nitrogens is 1. The van der Waals surface area contributed by atoms with E-state index >= 15 is 0 Å². The maximum absolute atomic E-state index is 12.8. The molecule has 0 saturated heterocycles. The second kappa shape index (κ2) is 8.80. The molecule has 3 N–H and O–H groups in total. The average Bonchev–Trinajstić information content (AvgIpc) is 2.71. The van der Waals surface area contributed by atoms with E-state index in [1.165, 1.54) is 22.8 Å². The van der Waals surface area contributed by atoms with Gasteiger partial charge in [-0.25, -0.2) is 4.79 Å². The number of hydrogen-bond donors (Lipinski definition) is 3. The van der Waals surface area contributed by atoms with E-state index in [4.69, 9.17) is 22.1 Å². The molecule has 0 radical (unpaired) electrons. The van der Waals surface area contributed by atoms with Gasteiger partial charge < -0.3 is 20.1 Å². The van der Waals surface area contributed by atoms with Crippen LogP contribution in [0.2, 0.25) is 0 Å². The molecule has 0 aliphatic rings. The topological polar surface area (TPSA) is 113 Å². The summed E-state index contributed by atoms with van der Waals surface area (Å²) in [5.41, 5.74) is 1.42. The summed E-state index contributed by atoms with van der Waals surface area (Å²) in [4.78, 5) is 38.9. The molecular formula is C20H19N3O5S. The molecule has 0 aliphatic carbocycles. The quantitative estimate of drug-likeness (QED) is 0.404. The van der Waals surface area contributed by atoms with Crippen LogP contribution in [-0.2, 0) is 11.3 Å². The van der Waals surface area contributed by atoms with E-state index in [9.17, 15) is 14.4 Å². The standard InChI is InChI=1S/C20H19N3O5S/c1-28-9-8-21-17(24)13-4-2-12(3-5-13)11-23-18(25)15-7-6-14(19(26)27)10-16(15)22-20(23)29/h2-7,10H,8-9,11H2,1H3,(H,21,24)(H,22,29)(H,26,27). The lowest BCUT2D eigenvalue weighted by Crippen LogP contribution is -2.27. The molecule has 150 valence electrons. The van der Waals surface area contributed by atoms with Crippen LogP contribution in [0.4, 0.5) is 0 Å². The van der Waals surface area contributed by atoms with Crippen molar-refractivity contribution in [1.29, 1.82) is 0 Å². The second-order valence-corrected chi connectivity index (χ2v) is 6.72. The third-order valence-corrected chi connectivity index (χ3v) is 4.70. The van der Waals surface area contributed by atoms with Gasteiger partial charge in [0, 0.05) is 19.2 Å². The van der Waals surface area contributed by atoms with Crippen molar-refractivity contribution in [3.8, 4) is 0 Å². The van der Waals surface area contributed by atoms with Gasteiger partial charge in [0.2, 0.25) is 0 Å². The van der Waals surface area contributed by atoms with Crippen molar-refractivity contribution in [2.75, 3.05) is 20.3 Å². The zero-order valence-corrected chi connectivity index (χ0v) is 16.4. The molecule has 0 aliphatic heterocycles. The number of amides is 1. The predicted molar refractivity (Wildman–Crippen MR) is 110 cm³/mol. The number of carbonyl (C=O) groups is 2. The summed E-state index contributed by atoms with van der Waals surface area (Å²) >= 11 is 5.29. The molecular weight excluding hydrogens is 394 g/mol. The van der Waals surface area contributed by atoms with Crippen LogP contribution >= 0.6 is 12.2 Å². The lowest BCUT2D eigenvalue weighted by Gasteiger charge is -2.10. The van der Waals surface area contributed by atoms with E-state index < -0.39 is 5.97 Å². The van der Waals surface area contributed by atoms with Crippen LogP contribution in [0.3, 0.4) is 0 Å². The highest BCUT2D eigenvalue weighted by Gasteiger charge is 2.10. The van der Waals surface area contributed by atoms with E-state index in [2.05, 4.69) is 10.3 Å². The van der Waals surface area contributed by atoms with E-state index in [-0.39, 0.29) is 28.3 Å². The van der Waals surface area contributed by atoms with Crippen molar-refractivity contribution >= 4 is 35.0 Å². The van der Waals surface area contributed by atoms with Crippen LogP contribution < -0.4 is 10.9 Å². The SMILES string of the molecule is COCCNC(=O)c1ccc(Cn2c(=S)[nH]c3cc(C(=O)O)ccc3c2=O)cc1. The average molecular weight is 413 g/mol. The molecule has 0 fully saturated rings. The largest absolute Gasteiger partial charge is 0.478 e. The number of carbonyl (C=O) groups excluding carboxylic acids is 1. The number of ether oxygens (including phenoxy) is 1. The Morgan fingerprint density at radius 3 is 2.52 bits per heavy atom. The van der Waals surface area contributed by atoms with Crippen LogP contribution in [0, 0.1) is 4.77 Å². The van der Waals surface area contributed by atoms with Gasteiger partial charge in [0.1, 0.15) is 0 Å². The molecule has 29 heavy (non-hydrogen) atoms. The number of benzene rings is 2. The minimum atomic E-state index is -1.08. The number of fused-ring (bicyclic) bond motifs is 1. The number of aromatic amines is 1. The molecule has 1 aromatic heterocycles. The number of nitrogens with one attached hydrogen (secondary N) is 2. The summed E-state index contributed by atoms with van der Waals surface area (Å²) in [6.45, 7) is 1.07. The minimum absolute atomic E-state index is 0.0691. The zero-order valence-electron chi connectivity index (χ0n) is 15.6. The smallest absolute Gasteiger partial charge is 0.335 e. The fourth-order valence-electron chi connectivity index (χ4n) is 2.84. The van der Waals surface area contributed by atoms with Crippen molar-refractivity contribution in [2.45, 2.75) is 6.54 Å². The van der Waals surface area contributed by atoms with Gasteiger partial charge in [-0.3, -0.25) is 14.2 Å². The lowest BCUT2D eigenvalue weighted by atomic mass is 10.1. The number of aromatic nitrogens is 2. The van der Waals surface area contributed by atoms with Crippen LogP contribution in [0.1, 0.15) is 26.3 Å². The van der Waals surface area contributed by atoms with Crippen LogP contribution in [0.25, 0.3) is 10.9 Å². The van der Waals surface area contributed by atoms with Gasteiger partial charge in [0.25, 0.3) is 11.5 Å². The first-order chi connectivity index (χ1) is 13.9. The molecule has 0 bridgehead atoms. The van der Waals surface area contributed by atoms with E-state index in [0.29, 0.717) is 29.6 Å².